The zero-order valence-electron chi connectivity index (χ0n) is 19.4. The van der Waals surface area contributed by atoms with Crippen LogP contribution in [-0.4, -0.2) is 27.5 Å². The van der Waals surface area contributed by atoms with Crippen molar-refractivity contribution in [3.8, 4) is 0 Å². The molecule has 3 aromatic carbocycles. The number of benzene rings is 3. The molecule has 6 nitrogen and oxygen atoms in total. The number of nitrogens with zero attached hydrogens (tertiary/aromatic N) is 1. The zero-order valence-corrected chi connectivity index (χ0v) is 20.2. The van der Waals surface area contributed by atoms with Gasteiger partial charge in [-0.2, -0.15) is 0 Å². The first-order chi connectivity index (χ1) is 16.3. The molecular formula is C27H27NO5S. The standard InChI is InChI=1S/C27H27NO5S/c1-4-32-27(29)17-25-23-16-20(3)12-15-24(23)28(18-26(33-25)21-8-6-5-7-9-21)34(30,31)22-13-10-19(2)11-14-22/h5-17,26H,4,18H2,1-3H3/b25-17-/t26-/m1/s1. The molecule has 0 saturated heterocycles. The van der Waals surface area contributed by atoms with E-state index in [0.29, 0.717) is 11.3 Å². The fraction of sp³-hybridized carbons (Fsp3) is 0.222. The quantitative estimate of drug-likeness (QED) is 0.374. The zero-order chi connectivity index (χ0) is 24.3. The first kappa shape index (κ1) is 23.6. The molecule has 0 N–H and O–H groups in total. The molecule has 1 heterocycles. The molecule has 34 heavy (non-hydrogen) atoms. The second-order valence-electron chi connectivity index (χ2n) is 8.15. The van der Waals surface area contributed by atoms with Crippen molar-refractivity contribution in [3.63, 3.8) is 0 Å². The van der Waals surface area contributed by atoms with Gasteiger partial charge in [-0.1, -0.05) is 59.7 Å². The highest BCUT2D eigenvalue weighted by molar-refractivity contribution is 7.92. The van der Waals surface area contributed by atoms with Gasteiger partial charge in [-0.15, -0.1) is 0 Å². The van der Waals surface area contributed by atoms with Gasteiger partial charge in [-0.3, -0.25) is 4.31 Å². The van der Waals surface area contributed by atoms with E-state index in [1.165, 1.54) is 10.4 Å². The van der Waals surface area contributed by atoms with E-state index in [0.717, 1.165) is 16.7 Å². The summed E-state index contributed by atoms with van der Waals surface area (Å²) in [5.41, 5.74) is 3.63. The fourth-order valence-electron chi connectivity index (χ4n) is 3.88. The minimum absolute atomic E-state index is 0.0381. The Morgan fingerprint density at radius 3 is 2.38 bits per heavy atom. The Hall–Kier alpha value is -3.58. The van der Waals surface area contributed by atoms with Crippen LogP contribution in [0.2, 0.25) is 0 Å². The van der Waals surface area contributed by atoms with Gasteiger partial charge in [0.15, 0.2) is 0 Å². The van der Waals surface area contributed by atoms with E-state index < -0.39 is 22.1 Å². The number of ether oxygens (including phenoxy) is 2. The number of aryl methyl sites for hydroxylation is 2. The third kappa shape index (κ3) is 4.84. The first-order valence-electron chi connectivity index (χ1n) is 11.1. The van der Waals surface area contributed by atoms with Gasteiger partial charge in [-0.25, -0.2) is 13.2 Å². The fourth-order valence-corrected chi connectivity index (χ4v) is 5.36. The molecule has 0 aliphatic carbocycles. The number of fused-ring (bicyclic) bond motifs is 1. The second kappa shape index (κ2) is 9.73. The maximum atomic E-state index is 13.9. The molecule has 1 atom stereocenters. The Bertz CT molecular complexity index is 1310. The number of hydrogen-bond donors (Lipinski definition) is 0. The highest BCUT2D eigenvalue weighted by Crippen LogP contribution is 2.40. The van der Waals surface area contributed by atoms with Crippen molar-refractivity contribution in [2.45, 2.75) is 31.8 Å². The number of anilines is 1. The van der Waals surface area contributed by atoms with Crippen LogP contribution in [-0.2, 0) is 24.3 Å². The van der Waals surface area contributed by atoms with E-state index in [4.69, 9.17) is 9.47 Å². The van der Waals surface area contributed by atoms with Gasteiger partial charge in [0, 0.05) is 5.56 Å². The van der Waals surface area contributed by atoms with Crippen molar-refractivity contribution < 1.29 is 22.7 Å². The van der Waals surface area contributed by atoms with Gasteiger partial charge in [0.05, 0.1) is 29.8 Å². The molecule has 0 amide bonds. The molecule has 1 aliphatic heterocycles. The van der Waals surface area contributed by atoms with Crippen LogP contribution in [0.4, 0.5) is 5.69 Å². The van der Waals surface area contributed by atoms with Crippen LogP contribution in [0.1, 0.15) is 35.3 Å². The lowest BCUT2D eigenvalue weighted by atomic mass is 10.1. The van der Waals surface area contributed by atoms with Crippen molar-refractivity contribution in [2.75, 3.05) is 17.5 Å². The van der Waals surface area contributed by atoms with Crippen LogP contribution < -0.4 is 4.31 Å². The predicted molar refractivity (Wildman–Crippen MR) is 132 cm³/mol. The number of carbonyl (C=O) groups is 1. The lowest BCUT2D eigenvalue weighted by Gasteiger charge is -2.26. The largest absolute Gasteiger partial charge is 0.483 e. The van der Waals surface area contributed by atoms with Gasteiger partial charge in [0.2, 0.25) is 0 Å². The first-order valence-corrected chi connectivity index (χ1v) is 12.5. The van der Waals surface area contributed by atoms with Gasteiger partial charge in [0.25, 0.3) is 10.0 Å². The third-order valence-corrected chi connectivity index (χ3v) is 7.40. The Kier molecular flexibility index (Phi) is 6.75. The van der Waals surface area contributed by atoms with Crippen LogP contribution in [0, 0.1) is 13.8 Å². The van der Waals surface area contributed by atoms with Crippen LogP contribution in [0.15, 0.2) is 83.8 Å². The molecule has 0 saturated carbocycles. The predicted octanol–water partition coefficient (Wildman–Crippen LogP) is 5.17. The molecule has 0 aromatic heterocycles. The third-order valence-electron chi connectivity index (χ3n) is 5.60. The Labute approximate surface area is 200 Å². The van der Waals surface area contributed by atoms with Gasteiger partial charge in [0.1, 0.15) is 11.9 Å². The van der Waals surface area contributed by atoms with Gasteiger partial charge >= 0.3 is 5.97 Å². The Morgan fingerprint density at radius 2 is 1.71 bits per heavy atom. The SMILES string of the molecule is CCOC(=O)/C=C1\O[C@@H](c2ccccc2)CN(S(=O)(=O)c2ccc(C)cc2)c2ccc(C)cc21. The van der Waals surface area contributed by atoms with Crippen LogP contribution >= 0.6 is 0 Å². The van der Waals surface area contributed by atoms with Crippen molar-refractivity contribution >= 4 is 27.4 Å². The van der Waals surface area contributed by atoms with E-state index >= 15 is 0 Å². The van der Waals surface area contributed by atoms with Crippen molar-refractivity contribution in [1.29, 1.82) is 0 Å². The Morgan fingerprint density at radius 1 is 1.03 bits per heavy atom. The maximum Gasteiger partial charge on any atom is 0.334 e. The molecule has 0 unspecified atom stereocenters. The van der Waals surface area contributed by atoms with Gasteiger partial charge in [-0.05, 0) is 50.6 Å². The summed E-state index contributed by atoms with van der Waals surface area (Å²) in [5.74, 6) is -0.279. The average molecular weight is 478 g/mol. The topological polar surface area (TPSA) is 72.9 Å². The number of sulfonamides is 1. The van der Waals surface area contributed by atoms with Crippen LogP contribution in [0.3, 0.4) is 0 Å². The monoisotopic (exact) mass is 477 g/mol. The van der Waals surface area contributed by atoms with Crippen LogP contribution in [0.5, 0.6) is 0 Å². The molecule has 0 bridgehead atoms. The average Bonchev–Trinajstić information content (AvgIpc) is 2.97. The summed E-state index contributed by atoms with van der Waals surface area (Å²) >= 11 is 0. The molecule has 0 radical (unpaired) electrons. The van der Waals surface area contributed by atoms with E-state index in [1.54, 1.807) is 37.3 Å². The van der Waals surface area contributed by atoms with Crippen molar-refractivity contribution in [3.05, 3.63) is 101 Å². The maximum absolute atomic E-state index is 13.9. The molecule has 7 heteroatoms. The molecular weight excluding hydrogens is 450 g/mol. The smallest absolute Gasteiger partial charge is 0.334 e. The molecule has 4 rings (SSSR count). The number of carbonyl (C=O) groups excluding carboxylic acids is 1. The van der Waals surface area contributed by atoms with Crippen LogP contribution in [0.25, 0.3) is 5.76 Å². The molecule has 1 aliphatic rings. The number of esters is 1. The summed E-state index contributed by atoms with van der Waals surface area (Å²) in [6.45, 7) is 5.80. The normalized spacial score (nSPS) is 17.0. The van der Waals surface area contributed by atoms with Crippen molar-refractivity contribution in [1.82, 2.24) is 0 Å². The van der Waals surface area contributed by atoms with E-state index in [2.05, 4.69) is 0 Å². The highest BCUT2D eigenvalue weighted by Gasteiger charge is 2.35. The molecule has 0 spiro atoms. The summed E-state index contributed by atoms with van der Waals surface area (Å²) < 4.78 is 40.6. The van der Waals surface area contributed by atoms with Crippen molar-refractivity contribution in [2.24, 2.45) is 0 Å². The van der Waals surface area contributed by atoms with E-state index in [-0.39, 0.29) is 23.8 Å². The number of rotatable bonds is 5. The lowest BCUT2D eigenvalue weighted by molar-refractivity contribution is -0.137. The minimum atomic E-state index is -3.92. The summed E-state index contributed by atoms with van der Waals surface area (Å²) in [5, 5.41) is 0. The van der Waals surface area contributed by atoms with E-state index in [9.17, 15) is 13.2 Å². The minimum Gasteiger partial charge on any atom is -0.483 e. The summed E-state index contributed by atoms with van der Waals surface area (Å²) in [7, 11) is -3.92. The van der Waals surface area contributed by atoms with Gasteiger partial charge < -0.3 is 9.47 Å². The second-order valence-corrected chi connectivity index (χ2v) is 10.0. The summed E-state index contributed by atoms with van der Waals surface area (Å²) in [6, 6.07) is 21.6. The molecule has 0 fully saturated rings. The summed E-state index contributed by atoms with van der Waals surface area (Å²) in [4.78, 5) is 12.6. The van der Waals surface area contributed by atoms with E-state index in [1.807, 2.05) is 56.3 Å². The Balaban J connectivity index is 1.92. The highest BCUT2D eigenvalue weighted by atomic mass is 32.2. The lowest BCUT2D eigenvalue weighted by Crippen LogP contribution is -2.34. The molecule has 3 aromatic rings. The molecule has 176 valence electrons. The summed E-state index contributed by atoms with van der Waals surface area (Å²) in [6.07, 6.45) is 0.648. The number of hydrogen-bond acceptors (Lipinski definition) is 5.